The molecule has 1 saturated carbocycles. The van der Waals surface area contributed by atoms with Crippen LogP contribution in [0.1, 0.15) is 12.8 Å². The molecular weight excluding hydrogens is 144 g/mol. The highest BCUT2D eigenvalue weighted by Gasteiger charge is 2.58. The molecule has 0 aromatic rings. The van der Waals surface area contributed by atoms with E-state index >= 15 is 0 Å². The molecule has 11 heavy (non-hydrogen) atoms. The van der Waals surface area contributed by atoms with Crippen molar-refractivity contribution < 1.29 is 14.3 Å². The highest BCUT2D eigenvalue weighted by atomic mass is 16.5. The van der Waals surface area contributed by atoms with Crippen molar-refractivity contribution in [2.45, 2.75) is 12.8 Å². The van der Waals surface area contributed by atoms with Crippen LogP contribution in [-0.4, -0.2) is 26.3 Å². The molecule has 1 aliphatic carbocycles. The van der Waals surface area contributed by atoms with Crippen molar-refractivity contribution in [1.82, 2.24) is 0 Å². The van der Waals surface area contributed by atoms with E-state index in [9.17, 15) is 4.79 Å². The van der Waals surface area contributed by atoms with Gasteiger partial charge in [-0.25, -0.2) is 0 Å². The molecule has 2 fully saturated rings. The van der Waals surface area contributed by atoms with E-state index in [-0.39, 0.29) is 11.4 Å². The first-order valence-electron chi connectivity index (χ1n) is 3.96. The van der Waals surface area contributed by atoms with E-state index in [1.165, 1.54) is 7.11 Å². The van der Waals surface area contributed by atoms with Crippen LogP contribution in [0, 0.1) is 11.3 Å². The number of hydrogen-bond acceptors (Lipinski definition) is 3. The molecule has 1 heterocycles. The molecule has 0 aromatic heterocycles. The first-order chi connectivity index (χ1) is 5.29. The Balaban J connectivity index is 2.03. The lowest BCUT2D eigenvalue weighted by molar-refractivity contribution is -0.158. The zero-order valence-electron chi connectivity index (χ0n) is 6.63. The van der Waals surface area contributed by atoms with Crippen LogP contribution in [0.4, 0.5) is 0 Å². The van der Waals surface area contributed by atoms with Crippen LogP contribution in [0.3, 0.4) is 0 Å². The van der Waals surface area contributed by atoms with Crippen LogP contribution in [0.5, 0.6) is 0 Å². The lowest BCUT2D eigenvalue weighted by atomic mass is 9.87. The van der Waals surface area contributed by atoms with Crippen LogP contribution >= 0.6 is 0 Å². The summed E-state index contributed by atoms with van der Waals surface area (Å²) >= 11 is 0. The highest BCUT2D eigenvalue weighted by Crippen LogP contribution is 2.55. The fraction of sp³-hybridized carbons (Fsp3) is 0.875. The van der Waals surface area contributed by atoms with E-state index < -0.39 is 0 Å². The van der Waals surface area contributed by atoms with Crippen molar-refractivity contribution in [1.29, 1.82) is 0 Å². The Hall–Kier alpha value is -0.570. The van der Waals surface area contributed by atoms with Gasteiger partial charge in [0, 0.05) is 5.92 Å². The number of hydrogen-bond donors (Lipinski definition) is 0. The molecule has 0 radical (unpaired) electrons. The topological polar surface area (TPSA) is 35.5 Å². The average molecular weight is 156 g/mol. The Labute approximate surface area is 65.7 Å². The third kappa shape index (κ3) is 0.872. The molecule has 0 aromatic carbocycles. The van der Waals surface area contributed by atoms with Crippen LogP contribution in [0.15, 0.2) is 0 Å². The number of methoxy groups -OCH3 is 1. The molecule has 1 aliphatic heterocycles. The van der Waals surface area contributed by atoms with Crippen LogP contribution in [0.2, 0.25) is 0 Å². The van der Waals surface area contributed by atoms with E-state index in [2.05, 4.69) is 0 Å². The summed E-state index contributed by atoms with van der Waals surface area (Å²) in [5.41, 5.74) is -0.132. The van der Waals surface area contributed by atoms with Gasteiger partial charge in [0.2, 0.25) is 0 Å². The van der Waals surface area contributed by atoms with Gasteiger partial charge in [0.25, 0.3) is 0 Å². The van der Waals surface area contributed by atoms with E-state index in [0.717, 1.165) is 26.1 Å². The summed E-state index contributed by atoms with van der Waals surface area (Å²) in [6.07, 6.45) is 1.99. The predicted octanol–water partition coefficient (Wildman–Crippen LogP) is 0.586. The minimum absolute atomic E-state index is 0.0363. The van der Waals surface area contributed by atoms with Gasteiger partial charge in [-0.15, -0.1) is 0 Å². The number of ether oxygens (including phenoxy) is 2. The van der Waals surface area contributed by atoms with E-state index in [1.54, 1.807) is 0 Å². The Bertz CT molecular complexity index is 180. The molecule has 0 N–H and O–H groups in total. The van der Waals surface area contributed by atoms with Gasteiger partial charge in [0.05, 0.1) is 25.7 Å². The third-order valence-corrected chi connectivity index (χ3v) is 2.80. The molecule has 2 aliphatic rings. The van der Waals surface area contributed by atoms with Crippen molar-refractivity contribution in [2.24, 2.45) is 11.3 Å². The van der Waals surface area contributed by atoms with Crippen molar-refractivity contribution >= 4 is 5.97 Å². The Morgan fingerprint density at radius 3 is 2.45 bits per heavy atom. The second-order valence-corrected chi connectivity index (χ2v) is 3.38. The first-order valence-corrected chi connectivity index (χ1v) is 3.96. The summed E-state index contributed by atoms with van der Waals surface area (Å²) in [6.45, 7) is 1.49. The smallest absolute Gasteiger partial charge is 0.312 e. The normalized spacial score (nSPS) is 27.4. The van der Waals surface area contributed by atoms with Gasteiger partial charge >= 0.3 is 5.97 Å². The average Bonchev–Trinajstić information content (AvgIpc) is 2.64. The van der Waals surface area contributed by atoms with Crippen molar-refractivity contribution in [3.8, 4) is 0 Å². The van der Waals surface area contributed by atoms with Crippen LogP contribution in [-0.2, 0) is 14.3 Å². The van der Waals surface area contributed by atoms with Gasteiger partial charge in [-0.2, -0.15) is 0 Å². The van der Waals surface area contributed by atoms with Crippen molar-refractivity contribution in [3.63, 3.8) is 0 Å². The molecule has 0 bridgehead atoms. The summed E-state index contributed by atoms with van der Waals surface area (Å²) < 4.78 is 9.79. The molecule has 3 heteroatoms. The standard InChI is InChI=1S/C8H12O3/c1-10-7(9)8(2-3-8)6-4-11-5-6/h6H,2-5H2,1H3. The largest absolute Gasteiger partial charge is 0.469 e. The Morgan fingerprint density at radius 1 is 1.55 bits per heavy atom. The lowest BCUT2D eigenvalue weighted by Gasteiger charge is -2.32. The van der Waals surface area contributed by atoms with Crippen molar-refractivity contribution in [3.05, 3.63) is 0 Å². The van der Waals surface area contributed by atoms with Gasteiger partial charge in [-0.1, -0.05) is 0 Å². The predicted molar refractivity (Wildman–Crippen MR) is 38.0 cm³/mol. The highest BCUT2D eigenvalue weighted by molar-refractivity contribution is 5.80. The van der Waals surface area contributed by atoms with E-state index in [0.29, 0.717) is 5.92 Å². The van der Waals surface area contributed by atoms with E-state index in [1.807, 2.05) is 0 Å². The molecule has 62 valence electrons. The molecular formula is C8H12O3. The molecule has 0 unspecified atom stereocenters. The first kappa shape index (κ1) is 7.10. The monoisotopic (exact) mass is 156 g/mol. The summed E-state index contributed by atoms with van der Waals surface area (Å²) in [6, 6.07) is 0. The molecule has 0 atom stereocenters. The summed E-state index contributed by atoms with van der Waals surface area (Å²) in [5, 5.41) is 0. The van der Waals surface area contributed by atoms with Gasteiger partial charge in [-0.05, 0) is 12.8 Å². The second-order valence-electron chi connectivity index (χ2n) is 3.38. The minimum Gasteiger partial charge on any atom is -0.469 e. The quantitative estimate of drug-likeness (QED) is 0.549. The van der Waals surface area contributed by atoms with Gasteiger partial charge in [-0.3, -0.25) is 4.79 Å². The van der Waals surface area contributed by atoms with Crippen LogP contribution in [0.25, 0.3) is 0 Å². The Kier molecular flexibility index (Phi) is 1.42. The second kappa shape index (κ2) is 2.21. The van der Waals surface area contributed by atoms with Crippen LogP contribution < -0.4 is 0 Å². The maximum absolute atomic E-state index is 11.3. The molecule has 0 spiro atoms. The minimum atomic E-state index is -0.132. The third-order valence-electron chi connectivity index (χ3n) is 2.80. The fourth-order valence-corrected chi connectivity index (χ4v) is 1.67. The number of carbonyl (C=O) groups excluding carboxylic acids is 1. The fourth-order valence-electron chi connectivity index (χ4n) is 1.67. The van der Waals surface area contributed by atoms with Gasteiger partial charge in [0.1, 0.15) is 0 Å². The molecule has 1 saturated heterocycles. The zero-order valence-corrected chi connectivity index (χ0v) is 6.63. The molecule has 2 rings (SSSR count). The lowest BCUT2D eigenvalue weighted by Crippen LogP contribution is -2.40. The molecule has 3 nitrogen and oxygen atoms in total. The zero-order chi connectivity index (χ0) is 7.90. The van der Waals surface area contributed by atoms with Gasteiger partial charge in [0.15, 0.2) is 0 Å². The maximum Gasteiger partial charge on any atom is 0.312 e. The van der Waals surface area contributed by atoms with Gasteiger partial charge < -0.3 is 9.47 Å². The molecule has 0 amide bonds. The number of esters is 1. The SMILES string of the molecule is COC(=O)C1(C2COC2)CC1. The number of carbonyl (C=O) groups is 1. The summed E-state index contributed by atoms with van der Waals surface area (Å²) in [5.74, 6) is 0.403. The Morgan fingerprint density at radius 2 is 2.18 bits per heavy atom. The maximum atomic E-state index is 11.3. The summed E-state index contributed by atoms with van der Waals surface area (Å²) in [7, 11) is 1.46. The number of rotatable bonds is 2. The summed E-state index contributed by atoms with van der Waals surface area (Å²) in [4.78, 5) is 11.3. The van der Waals surface area contributed by atoms with E-state index in [4.69, 9.17) is 9.47 Å². The van der Waals surface area contributed by atoms with Crippen molar-refractivity contribution in [2.75, 3.05) is 20.3 Å².